The number of terminal acetylenes is 1. The van der Waals surface area contributed by atoms with Crippen LogP contribution in [0.3, 0.4) is 0 Å². The van der Waals surface area contributed by atoms with Crippen LogP contribution in [0.15, 0.2) is 30.0 Å². The molecule has 9 heteroatoms. The molecule has 1 aromatic carbocycles. The second-order valence-corrected chi connectivity index (χ2v) is 10.8. The third-order valence-electron chi connectivity index (χ3n) is 7.29. The van der Waals surface area contributed by atoms with Gasteiger partial charge in [-0.2, -0.15) is 0 Å². The number of rotatable bonds is 6. The number of carbonyl (C=O) groups is 3. The highest BCUT2D eigenvalue weighted by Gasteiger charge is 2.60. The van der Waals surface area contributed by atoms with Crippen molar-refractivity contribution in [1.82, 2.24) is 10.2 Å². The third kappa shape index (κ3) is 4.90. The van der Waals surface area contributed by atoms with Crippen molar-refractivity contribution in [3.63, 3.8) is 0 Å². The molecule has 3 aliphatic rings. The number of esters is 1. The van der Waals surface area contributed by atoms with E-state index in [1.165, 1.54) is 7.11 Å². The van der Waals surface area contributed by atoms with Crippen LogP contribution >= 0.6 is 0 Å². The molecule has 9 nitrogen and oxygen atoms in total. The molecule has 1 saturated heterocycles. The van der Waals surface area contributed by atoms with Gasteiger partial charge in [0.1, 0.15) is 5.41 Å². The first kappa shape index (κ1) is 26.6. The lowest BCUT2D eigenvalue weighted by Crippen LogP contribution is -2.61. The number of likely N-dealkylation sites (tertiary alicyclic amines) is 1. The van der Waals surface area contributed by atoms with Crippen molar-refractivity contribution in [2.24, 2.45) is 16.7 Å². The Balaban J connectivity index is 1.80. The minimum Gasteiger partial charge on any atom is -0.468 e. The summed E-state index contributed by atoms with van der Waals surface area (Å²) < 4.78 is 22.6. The largest absolute Gasteiger partial charge is 0.468 e. The molecule has 198 valence electrons. The minimum atomic E-state index is -1.27. The van der Waals surface area contributed by atoms with Gasteiger partial charge in [0.2, 0.25) is 18.6 Å². The van der Waals surface area contributed by atoms with Gasteiger partial charge in [-0.15, -0.1) is 6.42 Å². The first-order chi connectivity index (χ1) is 17.5. The molecule has 0 spiro atoms. The highest BCUT2D eigenvalue weighted by atomic mass is 16.7. The van der Waals surface area contributed by atoms with E-state index in [-0.39, 0.29) is 56.1 Å². The lowest BCUT2D eigenvalue weighted by Gasteiger charge is -2.53. The van der Waals surface area contributed by atoms with Gasteiger partial charge in [-0.1, -0.05) is 32.8 Å². The van der Waals surface area contributed by atoms with Gasteiger partial charge in [-0.3, -0.25) is 14.4 Å². The third-order valence-corrected chi connectivity index (χ3v) is 7.29. The molecule has 3 aliphatic heterocycles. The van der Waals surface area contributed by atoms with Gasteiger partial charge < -0.3 is 29.2 Å². The Kier molecular flexibility index (Phi) is 7.24. The fourth-order valence-corrected chi connectivity index (χ4v) is 5.27. The van der Waals surface area contributed by atoms with Crippen LogP contribution in [0.1, 0.15) is 46.1 Å². The summed E-state index contributed by atoms with van der Waals surface area (Å²) in [6.07, 6.45) is 6.17. The summed E-state index contributed by atoms with van der Waals surface area (Å²) >= 11 is 0. The number of fused-ring (bicyclic) bond motifs is 2. The number of ether oxygens (including phenoxy) is 4. The Bertz CT molecular complexity index is 1160. The predicted octanol–water partition coefficient (Wildman–Crippen LogP) is 2.78. The molecule has 1 fully saturated rings. The molecule has 1 aromatic rings. The molecule has 0 aromatic heterocycles. The number of hydrogen-bond donors (Lipinski definition) is 1. The molecule has 0 bridgehead atoms. The Hall–Kier alpha value is -3.51. The molecule has 0 saturated carbocycles. The molecule has 4 rings (SSSR count). The Morgan fingerprint density at radius 2 is 2.00 bits per heavy atom. The zero-order valence-electron chi connectivity index (χ0n) is 22.0. The van der Waals surface area contributed by atoms with E-state index in [0.29, 0.717) is 17.2 Å². The van der Waals surface area contributed by atoms with Crippen LogP contribution in [-0.2, 0) is 30.4 Å². The van der Waals surface area contributed by atoms with E-state index in [2.05, 4.69) is 11.2 Å². The molecule has 2 amide bonds. The first-order valence-corrected chi connectivity index (χ1v) is 12.4. The van der Waals surface area contributed by atoms with Gasteiger partial charge >= 0.3 is 5.97 Å². The van der Waals surface area contributed by atoms with Crippen molar-refractivity contribution < 1.29 is 33.3 Å². The molecule has 4 atom stereocenters. The zero-order chi connectivity index (χ0) is 27.0. The highest BCUT2D eigenvalue weighted by Crippen LogP contribution is 2.52. The molecule has 3 heterocycles. The van der Waals surface area contributed by atoms with Crippen molar-refractivity contribution >= 4 is 17.8 Å². The topological polar surface area (TPSA) is 103 Å². The smallest absolute Gasteiger partial charge is 0.320 e. The van der Waals surface area contributed by atoms with Gasteiger partial charge in [0.15, 0.2) is 11.5 Å². The summed E-state index contributed by atoms with van der Waals surface area (Å²) in [7, 11) is 1.32. The van der Waals surface area contributed by atoms with E-state index in [1.807, 2.05) is 45.9 Å². The second-order valence-electron chi connectivity index (χ2n) is 10.8. The number of methoxy groups -OCH3 is 1. The number of nitrogens with one attached hydrogen (secondary N) is 1. The predicted molar refractivity (Wildman–Crippen MR) is 134 cm³/mol. The Morgan fingerprint density at radius 1 is 1.27 bits per heavy atom. The molecule has 0 aliphatic carbocycles. The van der Waals surface area contributed by atoms with Gasteiger partial charge in [0.25, 0.3) is 0 Å². The Morgan fingerprint density at radius 3 is 2.68 bits per heavy atom. The minimum absolute atomic E-state index is 0.0563. The maximum Gasteiger partial charge on any atom is 0.320 e. The van der Waals surface area contributed by atoms with E-state index in [1.54, 1.807) is 11.0 Å². The number of piperidine rings is 1. The van der Waals surface area contributed by atoms with E-state index < -0.39 is 23.4 Å². The quantitative estimate of drug-likeness (QED) is 0.464. The molecular formula is C28H34N2O7. The van der Waals surface area contributed by atoms with Crippen LogP contribution in [0.2, 0.25) is 0 Å². The number of nitrogens with zero attached hydrogens (tertiary/aromatic N) is 1. The van der Waals surface area contributed by atoms with Crippen LogP contribution in [0.25, 0.3) is 0 Å². The molecule has 0 unspecified atom stereocenters. The fraction of sp³-hybridized carbons (Fsp3) is 0.536. The van der Waals surface area contributed by atoms with Crippen LogP contribution in [0.5, 0.6) is 11.5 Å². The lowest BCUT2D eigenvalue weighted by atomic mass is 9.65. The second kappa shape index (κ2) is 10.1. The SMILES string of the molecule is C#CCNC(=O)C[C@H]1C[C@@]2(C(=O)OC)C(=C[C@H](C(C)(C)C)O[C@@H]2C)N(Cc2ccc3c(c2)OCO3)C1=O. The Labute approximate surface area is 217 Å². The van der Waals surface area contributed by atoms with E-state index in [0.717, 1.165) is 5.56 Å². The number of benzene rings is 1. The summed E-state index contributed by atoms with van der Waals surface area (Å²) in [6.45, 7) is 8.31. The molecule has 37 heavy (non-hydrogen) atoms. The number of hydrogen-bond acceptors (Lipinski definition) is 7. The van der Waals surface area contributed by atoms with E-state index in [4.69, 9.17) is 25.4 Å². The number of carbonyl (C=O) groups excluding carboxylic acids is 3. The first-order valence-electron chi connectivity index (χ1n) is 12.4. The average molecular weight is 511 g/mol. The summed E-state index contributed by atoms with van der Waals surface area (Å²) in [5.41, 5.74) is -0.219. The maximum absolute atomic E-state index is 14.0. The van der Waals surface area contributed by atoms with E-state index >= 15 is 0 Å². The summed E-state index contributed by atoms with van der Waals surface area (Å²) in [4.78, 5) is 41.7. The number of amides is 2. The van der Waals surface area contributed by atoms with E-state index in [9.17, 15) is 14.4 Å². The monoisotopic (exact) mass is 510 g/mol. The maximum atomic E-state index is 14.0. The van der Waals surface area contributed by atoms with Gasteiger partial charge in [0.05, 0.1) is 32.4 Å². The molecule has 1 N–H and O–H groups in total. The lowest BCUT2D eigenvalue weighted by molar-refractivity contribution is -0.180. The molecular weight excluding hydrogens is 476 g/mol. The summed E-state index contributed by atoms with van der Waals surface area (Å²) in [5, 5.41) is 2.62. The van der Waals surface area contributed by atoms with Crippen molar-refractivity contribution in [2.45, 2.75) is 59.3 Å². The fourth-order valence-electron chi connectivity index (χ4n) is 5.27. The van der Waals surface area contributed by atoms with Gasteiger partial charge in [-0.25, -0.2) is 0 Å². The summed E-state index contributed by atoms with van der Waals surface area (Å²) in [5.74, 6) is 1.70. The summed E-state index contributed by atoms with van der Waals surface area (Å²) in [6, 6.07) is 5.47. The standard InChI is InChI=1S/C28H34N2O7/c1-7-10-29-24(31)12-19-14-28(26(33)34-6)17(2)37-23(27(3,4)5)13-22(28)30(25(19)32)15-18-8-9-20-21(11-18)36-16-35-20/h1,8-9,11,13,17,19,23H,10,12,14-16H2,2-6H3,(H,29,31)/t17-,19+,23-,28+/m1/s1. The van der Waals surface area contributed by atoms with Crippen molar-refractivity contribution in [2.75, 3.05) is 20.4 Å². The van der Waals surface area contributed by atoms with Gasteiger partial charge in [-0.05, 0) is 42.5 Å². The van der Waals surface area contributed by atoms with Crippen molar-refractivity contribution in [3.05, 3.63) is 35.5 Å². The average Bonchev–Trinajstić information content (AvgIpc) is 3.32. The van der Waals surface area contributed by atoms with Crippen molar-refractivity contribution in [3.8, 4) is 23.8 Å². The van der Waals surface area contributed by atoms with Crippen LogP contribution in [0, 0.1) is 29.1 Å². The van der Waals surface area contributed by atoms with Crippen LogP contribution in [-0.4, -0.2) is 55.3 Å². The van der Waals surface area contributed by atoms with Crippen molar-refractivity contribution in [1.29, 1.82) is 0 Å². The normalized spacial score (nSPS) is 26.6. The highest BCUT2D eigenvalue weighted by molar-refractivity contribution is 5.92. The van der Waals surface area contributed by atoms with Crippen LogP contribution in [0.4, 0.5) is 0 Å². The zero-order valence-corrected chi connectivity index (χ0v) is 22.0. The molecule has 0 radical (unpaired) electrons. The van der Waals surface area contributed by atoms with Crippen LogP contribution < -0.4 is 14.8 Å². The van der Waals surface area contributed by atoms with Gasteiger partial charge in [0, 0.05) is 18.0 Å².